The van der Waals surface area contributed by atoms with Gasteiger partial charge in [-0.05, 0) is 31.9 Å². The van der Waals surface area contributed by atoms with Crippen molar-refractivity contribution < 1.29 is 0 Å². The van der Waals surface area contributed by atoms with Crippen LogP contribution in [0.3, 0.4) is 0 Å². The largest absolute Gasteiger partial charge is 0.311 e. The molecule has 2 rings (SSSR count). The Morgan fingerprint density at radius 3 is 2.36 bits per heavy atom. The zero-order valence-corrected chi connectivity index (χ0v) is 15.7. The maximum absolute atomic E-state index is 4.74. The van der Waals surface area contributed by atoms with Crippen molar-refractivity contribution in [1.82, 2.24) is 5.32 Å². The fourth-order valence-electron chi connectivity index (χ4n) is 2.72. The van der Waals surface area contributed by atoms with Crippen molar-refractivity contribution in [3.63, 3.8) is 0 Å². The molecular weight excluding hydrogens is 308 g/mol. The van der Waals surface area contributed by atoms with E-state index in [1.54, 1.807) is 0 Å². The van der Waals surface area contributed by atoms with Crippen molar-refractivity contribution in [1.29, 1.82) is 0 Å². The van der Waals surface area contributed by atoms with Gasteiger partial charge in [0, 0.05) is 53.8 Å². The van der Waals surface area contributed by atoms with E-state index in [2.05, 4.69) is 50.4 Å². The summed E-state index contributed by atoms with van der Waals surface area (Å²) in [5.74, 6) is 4.48. The lowest BCUT2D eigenvalue weighted by Crippen LogP contribution is -2.42. The molecule has 1 heterocycles. The van der Waals surface area contributed by atoms with Crippen molar-refractivity contribution in [3.05, 3.63) is 35.4 Å². The lowest BCUT2D eigenvalue weighted by Gasteiger charge is -2.26. The van der Waals surface area contributed by atoms with Crippen LogP contribution in [0.4, 0.5) is 0 Å². The molecule has 0 atom stereocenters. The summed E-state index contributed by atoms with van der Waals surface area (Å²) >= 11 is 4.02. The second kappa shape index (κ2) is 8.99. The number of aliphatic imine (C=N–C) groups is 1. The molecule has 0 saturated carbocycles. The molecule has 0 radical (unpaired) electrons. The number of nitrogens with one attached hydrogen (secondary N) is 1. The fourth-order valence-corrected chi connectivity index (χ4v) is 4.48. The molecule has 0 saturated heterocycles. The lowest BCUT2D eigenvalue weighted by molar-refractivity contribution is 0.414. The van der Waals surface area contributed by atoms with E-state index in [4.69, 9.17) is 4.99 Å². The van der Waals surface area contributed by atoms with Crippen LogP contribution in [0, 0.1) is 0 Å². The number of fused-ring (bicyclic) bond motifs is 1. The van der Waals surface area contributed by atoms with Gasteiger partial charge in [-0.3, -0.25) is 4.99 Å². The first-order valence-electron chi connectivity index (χ1n) is 8.04. The maximum atomic E-state index is 4.74. The molecule has 0 amide bonds. The summed E-state index contributed by atoms with van der Waals surface area (Å²) < 4.78 is 0. The van der Waals surface area contributed by atoms with Crippen molar-refractivity contribution in [3.8, 4) is 0 Å². The van der Waals surface area contributed by atoms with Crippen LogP contribution in [0.15, 0.2) is 29.3 Å². The van der Waals surface area contributed by atoms with Gasteiger partial charge in [-0.15, -0.1) is 0 Å². The maximum Gasteiger partial charge on any atom is 0.0479 e. The third-order valence-corrected chi connectivity index (χ3v) is 5.79. The quantitative estimate of drug-likeness (QED) is 0.760. The van der Waals surface area contributed by atoms with Gasteiger partial charge in [0.05, 0.1) is 0 Å². The minimum atomic E-state index is 0.138. The predicted octanol–water partition coefficient (Wildman–Crippen LogP) is 4.39. The van der Waals surface area contributed by atoms with Crippen LogP contribution >= 0.6 is 23.5 Å². The van der Waals surface area contributed by atoms with Gasteiger partial charge in [-0.2, -0.15) is 23.5 Å². The monoisotopic (exact) mass is 336 g/mol. The number of hydrogen-bond acceptors (Lipinski definition) is 4. The second-order valence-electron chi connectivity index (χ2n) is 6.48. The standard InChI is InChI=1S/C18H28N2S2/c1-15-12-18(2,3)20-9-11-22-14-17-7-5-4-6-16(17)13-21-10-8-19-15/h4-7,20H,8-14H2,1-3H3. The van der Waals surface area contributed by atoms with Gasteiger partial charge < -0.3 is 5.32 Å². The highest BCUT2D eigenvalue weighted by Gasteiger charge is 2.17. The van der Waals surface area contributed by atoms with Crippen molar-refractivity contribution in [2.45, 2.75) is 44.2 Å². The van der Waals surface area contributed by atoms with Crippen LogP contribution in [0.5, 0.6) is 0 Å². The normalized spacial score (nSPS) is 21.1. The SMILES string of the molecule is CC1=NCCSCc2ccccc2CSCCNC(C)(C)C1. The molecule has 0 fully saturated rings. The number of rotatable bonds is 0. The van der Waals surface area contributed by atoms with Gasteiger partial charge in [0.25, 0.3) is 0 Å². The summed E-state index contributed by atoms with van der Waals surface area (Å²) in [6, 6.07) is 8.87. The molecule has 2 nitrogen and oxygen atoms in total. The lowest BCUT2D eigenvalue weighted by atomic mass is 9.98. The zero-order chi connectivity index (χ0) is 15.8. The van der Waals surface area contributed by atoms with Gasteiger partial charge in [-0.1, -0.05) is 24.3 Å². The van der Waals surface area contributed by atoms with E-state index in [1.165, 1.54) is 16.8 Å². The van der Waals surface area contributed by atoms with Crippen molar-refractivity contribution >= 4 is 29.2 Å². The zero-order valence-electron chi connectivity index (χ0n) is 14.0. The van der Waals surface area contributed by atoms with Crippen LogP contribution in [0.1, 0.15) is 38.3 Å². The van der Waals surface area contributed by atoms with Crippen LogP contribution in [-0.2, 0) is 11.5 Å². The first kappa shape index (κ1) is 17.9. The van der Waals surface area contributed by atoms with Crippen molar-refractivity contribution in [2.75, 3.05) is 24.6 Å². The molecule has 122 valence electrons. The van der Waals surface area contributed by atoms with Crippen molar-refractivity contribution in [2.24, 2.45) is 4.99 Å². The molecule has 0 spiro atoms. The van der Waals surface area contributed by atoms with E-state index in [0.717, 1.165) is 42.5 Å². The molecular formula is C18H28N2S2. The Labute approximate surface area is 143 Å². The van der Waals surface area contributed by atoms with Gasteiger partial charge in [0.1, 0.15) is 0 Å². The number of nitrogens with zero attached hydrogens (tertiary/aromatic N) is 1. The Bertz CT molecular complexity index is 498. The average Bonchev–Trinajstić information content (AvgIpc) is 2.47. The van der Waals surface area contributed by atoms with Crippen LogP contribution < -0.4 is 5.32 Å². The van der Waals surface area contributed by atoms with E-state index in [0.29, 0.717) is 0 Å². The minimum Gasteiger partial charge on any atom is -0.311 e. The fraction of sp³-hybridized carbons (Fsp3) is 0.611. The highest BCUT2D eigenvalue weighted by molar-refractivity contribution is 7.98. The Hall–Kier alpha value is -0.450. The third-order valence-electron chi connectivity index (χ3n) is 3.80. The van der Waals surface area contributed by atoms with Crippen LogP contribution in [0.25, 0.3) is 0 Å². The summed E-state index contributed by atoms with van der Waals surface area (Å²) in [6.07, 6.45) is 1.03. The molecule has 4 heteroatoms. The van der Waals surface area contributed by atoms with Crippen LogP contribution in [0.2, 0.25) is 0 Å². The Balaban J connectivity index is 2.02. The molecule has 1 aliphatic rings. The molecule has 1 aliphatic heterocycles. The molecule has 22 heavy (non-hydrogen) atoms. The summed E-state index contributed by atoms with van der Waals surface area (Å²) in [4.78, 5) is 4.74. The van der Waals surface area contributed by atoms with Gasteiger partial charge >= 0.3 is 0 Å². The highest BCUT2D eigenvalue weighted by Crippen LogP contribution is 2.21. The van der Waals surface area contributed by atoms with E-state index in [1.807, 2.05) is 23.5 Å². The van der Waals surface area contributed by atoms with E-state index in [-0.39, 0.29) is 5.54 Å². The number of thioether (sulfide) groups is 2. The van der Waals surface area contributed by atoms with Gasteiger partial charge in [0.2, 0.25) is 0 Å². The Kier molecular flexibility index (Phi) is 7.32. The summed E-state index contributed by atoms with van der Waals surface area (Å²) in [5.41, 5.74) is 4.39. The first-order chi connectivity index (χ1) is 10.6. The molecule has 1 N–H and O–H groups in total. The van der Waals surface area contributed by atoms with E-state index < -0.39 is 0 Å². The highest BCUT2D eigenvalue weighted by atomic mass is 32.2. The number of benzene rings is 1. The molecule has 1 aromatic rings. The first-order valence-corrected chi connectivity index (χ1v) is 10.3. The molecule has 1 aromatic carbocycles. The van der Waals surface area contributed by atoms with E-state index in [9.17, 15) is 0 Å². The third kappa shape index (κ3) is 6.35. The molecule has 0 aromatic heterocycles. The number of hydrogen-bond donors (Lipinski definition) is 1. The van der Waals surface area contributed by atoms with Gasteiger partial charge in [-0.25, -0.2) is 0 Å². The Morgan fingerprint density at radius 2 is 1.68 bits per heavy atom. The molecule has 0 unspecified atom stereocenters. The van der Waals surface area contributed by atoms with Gasteiger partial charge in [0.15, 0.2) is 0 Å². The topological polar surface area (TPSA) is 24.4 Å². The molecule has 0 bridgehead atoms. The summed E-state index contributed by atoms with van der Waals surface area (Å²) in [5, 5.41) is 3.68. The Morgan fingerprint density at radius 1 is 1.05 bits per heavy atom. The predicted molar refractivity (Wildman–Crippen MR) is 103 cm³/mol. The second-order valence-corrected chi connectivity index (χ2v) is 8.69. The van der Waals surface area contributed by atoms with E-state index >= 15 is 0 Å². The minimum absolute atomic E-state index is 0.138. The summed E-state index contributed by atoms with van der Waals surface area (Å²) in [7, 11) is 0. The smallest absolute Gasteiger partial charge is 0.0479 e. The van der Waals surface area contributed by atoms with Crippen LogP contribution in [-0.4, -0.2) is 35.8 Å². The molecule has 0 aliphatic carbocycles. The average molecular weight is 337 g/mol. The summed E-state index contributed by atoms with van der Waals surface area (Å²) in [6.45, 7) is 8.71.